The van der Waals surface area contributed by atoms with Gasteiger partial charge >= 0.3 is 0 Å². The summed E-state index contributed by atoms with van der Waals surface area (Å²) in [6, 6.07) is 6.19. The smallest absolute Gasteiger partial charge is 0.0320 e. The normalized spacial score (nSPS) is 21.9. The number of fused-ring (bicyclic) bond motifs is 2. The molecule has 1 unspecified atom stereocenters. The van der Waals surface area contributed by atoms with Gasteiger partial charge in [0.05, 0.1) is 0 Å². The van der Waals surface area contributed by atoms with Crippen LogP contribution >= 0.6 is 0 Å². The molecular formula is C14H13N. The number of hydrogen-bond acceptors (Lipinski definition) is 1. The van der Waals surface area contributed by atoms with E-state index in [4.69, 9.17) is 5.73 Å². The van der Waals surface area contributed by atoms with Crippen LogP contribution in [0.4, 0.5) is 5.69 Å². The van der Waals surface area contributed by atoms with Gasteiger partial charge in [-0.2, -0.15) is 0 Å². The van der Waals surface area contributed by atoms with E-state index in [2.05, 4.69) is 42.5 Å². The Morgan fingerprint density at radius 3 is 3.07 bits per heavy atom. The van der Waals surface area contributed by atoms with Crippen LogP contribution in [0.2, 0.25) is 0 Å². The molecule has 0 aliphatic heterocycles. The van der Waals surface area contributed by atoms with Crippen LogP contribution in [0.3, 0.4) is 0 Å². The van der Waals surface area contributed by atoms with Crippen molar-refractivity contribution in [3.05, 3.63) is 59.2 Å². The first kappa shape index (κ1) is 8.54. The summed E-state index contributed by atoms with van der Waals surface area (Å²) < 4.78 is 0. The van der Waals surface area contributed by atoms with Gasteiger partial charge < -0.3 is 5.73 Å². The van der Waals surface area contributed by atoms with Crippen LogP contribution in [0.1, 0.15) is 11.1 Å². The molecule has 2 N–H and O–H groups in total. The summed E-state index contributed by atoms with van der Waals surface area (Å²) in [5.74, 6) is 0.561. The molecule has 74 valence electrons. The summed E-state index contributed by atoms with van der Waals surface area (Å²) in [4.78, 5) is 0. The van der Waals surface area contributed by atoms with Gasteiger partial charge in [-0.25, -0.2) is 0 Å². The number of hydrogen-bond donors (Lipinski definition) is 1. The van der Waals surface area contributed by atoms with Crippen molar-refractivity contribution in [2.75, 3.05) is 5.73 Å². The number of nitrogen functional groups attached to an aromatic ring is 1. The second-order valence-corrected chi connectivity index (χ2v) is 4.16. The molecule has 0 radical (unpaired) electrons. The third-order valence-electron chi connectivity index (χ3n) is 3.10. The number of benzene rings is 1. The molecule has 0 aromatic heterocycles. The Morgan fingerprint density at radius 1 is 1.20 bits per heavy atom. The molecule has 3 rings (SSSR count). The number of anilines is 1. The minimum absolute atomic E-state index is 0.561. The first-order valence-electron chi connectivity index (χ1n) is 5.28. The minimum atomic E-state index is 0.561. The average Bonchev–Trinajstić information content (AvgIpc) is 2.26. The molecule has 0 heterocycles. The lowest BCUT2D eigenvalue weighted by Crippen LogP contribution is -2.11. The van der Waals surface area contributed by atoms with Crippen molar-refractivity contribution >= 4 is 11.8 Å². The molecule has 15 heavy (non-hydrogen) atoms. The van der Waals surface area contributed by atoms with Crippen molar-refractivity contribution in [1.29, 1.82) is 0 Å². The molecule has 1 atom stereocenters. The maximum absolute atomic E-state index is 5.79. The van der Waals surface area contributed by atoms with E-state index < -0.39 is 0 Å². The van der Waals surface area contributed by atoms with Crippen LogP contribution in [0.25, 0.3) is 6.08 Å². The summed E-state index contributed by atoms with van der Waals surface area (Å²) in [5.41, 5.74) is 10.7. The van der Waals surface area contributed by atoms with E-state index in [1.165, 1.54) is 16.7 Å². The van der Waals surface area contributed by atoms with Gasteiger partial charge in [-0.15, -0.1) is 0 Å². The molecule has 1 aromatic carbocycles. The molecule has 0 amide bonds. The summed E-state index contributed by atoms with van der Waals surface area (Å²) in [7, 11) is 0. The molecule has 0 fully saturated rings. The predicted molar refractivity (Wildman–Crippen MR) is 64.3 cm³/mol. The Hall–Kier alpha value is -1.76. The van der Waals surface area contributed by atoms with Gasteiger partial charge in [0.2, 0.25) is 0 Å². The van der Waals surface area contributed by atoms with Gasteiger partial charge in [-0.05, 0) is 35.3 Å². The van der Waals surface area contributed by atoms with Crippen molar-refractivity contribution in [3.63, 3.8) is 0 Å². The van der Waals surface area contributed by atoms with E-state index in [1.54, 1.807) is 0 Å². The van der Waals surface area contributed by atoms with E-state index in [0.717, 1.165) is 12.1 Å². The molecule has 1 aromatic rings. The fourth-order valence-electron chi connectivity index (χ4n) is 2.29. The molecule has 2 aliphatic rings. The monoisotopic (exact) mass is 195 g/mol. The molecule has 1 heteroatoms. The van der Waals surface area contributed by atoms with Crippen LogP contribution in [0, 0.1) is 5.92 Å². The van der Waals surface area contributed by atoms with Gasteiger partial charge in [0, 0.05) is 11.6 Å². The third kappa shape index (κ3) is 1.40. The summed E-state index contributed by atoms with van der Waals surface area (Å²) >= 11 is 0. The first-order chi connectivity index (χ1) is 7.33. The van der Waals surface area contributed by atoms with Crippen molar-refractivity contribution in [2.24, 2.45) is 5.92 Å². The van der Waals surface area contributed by atoms with Crippen LogP contribution in [0.15, 0.2) is 48.1 Å². The Balaban J connectivity index is 2.12. The predicted octanol–water partition coefficient (Wildman–Crippen LogP) is 2.95. The summed E-state index contributed by atoms with van der Waals surface area (Å²) in [6.45, 7) is 0. The lowest BCUT2D eigenvalue weighted by Gasteiger charge is -2.23. The van der Waals surface area contributed by atoms with Gasteiger partial charge in [0.1, 0.15) is 0 Å². The van der Waals surface area contributed by atoms with Crippen LogP contribution < -0.4 is 5.73 Å². The van der Waals surface area contributed by atoms with Gasteiger partial charge in [-0.3, -0.25) is 0 Å². The number of rotatable bonds is 0. The van der Waals surface area contributed by atoms with Gasteiger partial charge in [0.25, 0.3) is 0 Å². The highest BCUT2D eigenvalue weighted by atomic mass is 14.5. The SMILES string of the molecule is Nc1ccc2c(c1)C=C1C=CC=CC1C2. The second kappa shape index (κ2) is 3.13. The molecular weight excluding hydrogens is 182 g/mol. The van der Waals surface area contributed by atoms with Crippen LogP contribution in [0.5, 0.6) is 0 Å². The van der Waals surface area contributed by atoms with Crippen molar-refractivity contribution in [3.8, 4) is 0 Å². The topological polar surface area (TPSA) is 26.0 Å². The second-order valence-electron chi connectivity index (χ2n) is 4.16. The standard InChI is InChI=1S/C14H13N/c15-14-6-5-12-7-10-3-1-2-4-11(10)8-13(12)9-14/h1-6,8-10H,7,15H2. The first-order valence-corrected chi connectivity index (χ1v) is 5.28. The van der Waals surface area contributed by atoms with Crippen molar-refractivity contribution in [2.45, 2.75) is 6.42 Å². The van der Waals surface area contributed by atoms with Gasteiger partial charge in [-0.1, -0.05) is 36.4 Å². The molecule has 0 saturated carbocycles. The number of nitrogens with two attached hydrogens (primary N) is 1. The zero-order chi connectivity index (χ0) is 10.3. The van der Waals surface area contributed by atoms with E-state index in [-0.39, 0.29) is 0 Å². The fourth-order valence-corrected chi connectivity index (χ4v) is 2.29. The van der Waals surface area contributed by atoms with Gasteiger partial charge in [0.15, 0.2) is 0 Å². The van der Waals surface area contributed by atoms with Crippen molar-refractivity contribution < 1.29 is 0 Å². The quantitative estimate of drug-likeness (QED) is 0.633. The Morgan fingerprint density at radius 2 is 2.13 bits per heavy atom. The fraction of sp³-hybridized carbons (Fsp3) is 0.143. The van der Waals surface area contributed by atoms with E-state index in [1.807, 2.05) is 6.07 Å². The van der Waals surface area contributed by atoms with E-state index in [9.17, 15) is 0 Å². The number of allylic oxidation sites excluding steroid dienone is 5. The molecule has 2 aliphatic carbocycles. The molecule has 0 saturated heterocycles. The summed E-state index contributed by atoms with van der Waals surface area (Å²) in [6.07, 6.45) is 12.0. The molecule has 0 spiro atoms. The average molecular weight is 195 g/mol. The highest BCUT2D eigenvalue weighted by molar-refractivity contribution is 5.67. The maximum Gasteiger partial charge on any atom is 0.0320 e. The Kier molecular flexibility index (Phi) is 1.78. The maximum atomic E-state index is 5.79. The highest BCUT2D eigenvalue weighted by Crippen LogP contribution is 2.32. The van der Waals surface area contributed by atoms with E-state index in [0.29, 0.717) is 5.92 Å². The Bertz CT molecular complexity index is 492. The zero-order valence-corrected chi connectivity index (χ0v) is 8.48. The molecule has 1 nitrogen and oxygen atoms in total. The lowest BCUT2D eigenvalue weighted by atomic mass is 9.81. The zero-order valence-electron chi connectivity index (χ0n) is 8.48. The van der Waals surface area contributed by atoms with Crippen LogP contribution in [-0.2, 0) is 6.42 Å². The van der Waals surface area contributed by atoms with Crippen LogP contribution in [-0.4, -0.2) is 0 Å². The largest absolute Gasteiger partial charge is 0.399 e. The Labute approximate surface area is 89.6 Å². The summed E-state index contributed by atoms with van der Waals surface area (Å²) in [5, 5.41) is 0. The lowest BCUT2D eigenvalue weighted by molar-refractivity contribution is 0.759. The highest BCUT2D eigenvalue weighted by Gasteiger charge is 2.18. The van der Waals surface area contributed by atoms with Crippen molar-refractivity contribution in [1.82, 2.24) is 0 Å². The third-order valence-corrected chi connectivity index (χ3v) is 3.10. The molecule has 0 bridgehead atoms. The minimum Gasteiger partial charge on any atom is -0.399 e. The van der Waals surface area contributed by atoms with E-state index >= 15 is 0 Å².